The molecule has 3 N–H and O–H groups in total. The van der Waals surface area contributed by atoms with E-state index in [2.05, 4.69) is 38.5 Å². The normalized spacial score (nSPS) is 15.0. The second-order valence-corrected chi connectivity index (χ2v) is 10.7. The summed E-state index contributed by atoms with van der Waals surface area (Å²) in [7, 11) is 0. The van der Waals surface area contributed by atoms with Gasteiger partial charge in [0, 0.05) is 19.8 Å². The zero-order chi connectivity index (χ0) is 21.9. The van der Waals surface area contributed by atoms with E-state index < -0.39 is 11.6 Å². The number of carbonyl (C=O) groups excluding carboxylic acids is 3. The molecule has 1 saturated heterocycles. The maximum atomic E-state index is 13.3. The van der Waals surface area contributed by atoms with Gasteiger partial charge in [-0.3, -0.25) is 9.59 Å². The molecule has 0 aromatic heterocycles. The molecule has 0 unspecified atom stereocenters. The summed E-state index contributed by atoms with van der Waals surface area (Å²) in [5.74, 6) is -0.719. The Kier molecular flexibility index (Phi) is 8.98. The minimum absolute atomic E-state index is 0.259. The molecule has 1 aromatic carbocycles. The summed E-state index contributed by atoms with van der Waals surface area (Å²) < 4.78 is 7.82. The number of rotatable bonds is 5. The number of piperidine rings is 1. The molecule has 1 heterocycles. The summed E-state index contributed by atoms with van der Waals surface area (Å²) in [5.41, 5.74) is 0.710. The Balaban J connectivity index is 2.50. The molecule has 0 radical (unpaired) electrons. The van der Waals surface area contributed by atoms with Gasteiger partial charge in [0.15, 0.2) is 0 Å². The molecular weight excluding hydrogens is 715 g/mol. The Morgan fingerprint density at radius 1 is 0.931 bits per heavy atom. The van der Waals surface area contributed by atoms with E-state index in [4.69, 9.17) is 4.74 Å². The molecule has 1 aromatic rings. The van der Waals surface area contributed by atoms with Gasteiger partial charge in [0.25, 0.3) is 0 Å². The van der Waals surface area contributed by atoms with E-state index in [1.165, 1.54) is 13.8 Å². The maximum Gasteiger partial charge on any atom is 0.340 e. The average molecular weight is 739 g/mol. The quantitative estimate of drug-likeness (QED) is 0.309. The van der Waals surface area contributed by atoms with Crippen molar-refractivity contribution in [1.82, 2.24) is 5.32 Å². The first-order valence-electron chi connectivity index (χ1n) is 9.15. The number of esters is 1. The Bertz CT molecular complexity index is 793. The van der Waals surface area contributed by atoms with E-state index >= 15 is 0 Å². The lowest BCUT2D eigenvalue weighted by molar-refractivity contribution is -0.115. The van der Waals surface area contributed by atoms with E-state index in [-0.39, 0.29) is 17.7 Å². The highest BCUT2D eigenvalue weighted by atomic mass is 127. The van der Waals surface area contributed by atoms with Gasteiger partial charge in [0.2, 0.25) is 11.8 Å². The van der Waals surface area contributed by atoms with Crippen LogP contribution < -0.4 is 16.0 Å². The SMILES string of the molecule is CC(=O)Nc1c(I)c(NC(C)=O)c(I)c(C(=O)OC(C)(C)C2CCNCC2)c1I. The molecule has 10 heteroatoms. The molecule has 7 nitrogen and oxygen atoms in total. The van der Waals surface area contributed by atoms with Crippen molar-refractivity contribution >= 4 is 96.9 Å². The highest BCUT2D eigenvalue weighted by molar-refractivity contribution is 14.1. The number of benzene rings is 1. The van der Waals surface area contributed by atoms with Crippen LogP contribution in [0, 0.1) is 16.6 Å². The number of ether oxygens (including phenoxy) is 1. The number of hydrogen-bond acceptors (Lipinski definition) is 5. The summed E-state index contributed by atoms with van der Waals surface area (Å²) in [6.45, 7) is 8.50. The van der Waals surface area contributed by atoms with E-state index in [0.29, 0.717) is 27.6 Å². The molecule has 0 saturated carbocycles. The highest BCUT2D eigenvalue weighted by Gasteiger charge is 2.36. The van der Waals surface area contributed by atoms with Gasteiger partial charge >= 0.3 is 5.97 Å². The molecule has 160 valence electrons. The summed E-state index contributed by atoms with van der Waals surface area (Å²) in [6, 6.07) is 0. The molecule has 1 fully saturated rings. The van der Waals surface area contributed by atoms with Gasteiger partial charge in [-0.2, -0.15) is 0 Å². The number of halogens is 3. The largest absolute Gasteiger partial charge is 0.456 e. The van der Waals surface area contributed by atoms with Crippen molar-refractivity contribution in [3.8, 4) is 0 Å². The molecule has 0 spiro atoms. The highest BCUT2D eigenvalue weighted by Crippen LogP contribution is 2.40. The molecule has 1 aliphatic rings. The van der Waals surface area contributed by atoms with Crippen LogP contribution in [0.15, 0.2) is 0 Å². The van der Waals surface area contributed by atoms with Crippen LogP contribution in [0.2, 0.25) is 0 Å². The first-order chi connectivity index (χ1) is 13.5. The van der Waals surface area contributed by atoms with Crippen molar-refractivity contribution in [2.75, 3.05) is 23.7 Å². The van der Waals surface area contributed by atoms with Gasteiger partial charge in [0.1, 0.15) is 5.60 Å². The van der Waals surface area contributed by atoms with Gasteiger partial charge in [-0.15, -0.1) is 0 Å². The Morgan fingerprint density at radius 2 is 1.38 bits per heavy atom. The lowest BCUT2D eigenvalue weighted by Crippen LogP contribution is -2.43. The van der Waals surface area contributed by atoms with Crippen LogP contribution in [0.4, 0.5) is 11.4 Å². The van der Waals surface area contributed by atoms with Crippen molar-refractivity contribution in [2.24, 2.45) is 5.92 Å². The van der Waals surface area contributed by atoms with Crippen molar-refractivity contribution < 1.29 is 19.1 Å². The van der Waals surface area contributed by atoms with Crippen LogP contribution in [0.3, 0.4) is 0 Å². The smallest absolute Gasteiger partial charge is 0.340 e. The number of hydrogen-bond donors (Lipinski definition) is 3. The van der Waals surface area contributed by atoms with Gasteiger partial charge in [0.05, 0.1) is 27.6 Å². The third-order valence-corrected chi connectivity index (χ3v) is 8.04. The van der Waals surface area contributed by atoms with E-state index in [1.807, 2.05) is 59.0 Å². The third-order valence-electron chi connectivity index (χ3n) is 4.80. The lowest BCUT2D eigenvalue weighted by atomic mass is 9.83. The van der Waals surface area contributed by atoms with E-state index in [0.717, 1.165) is 25.9 Å². The summed E-state index contributed by atoms with van der Waals surface area (Å²) in [4.78, 5) is 36.7. The van der Waals surface area contributed by atoms with Crippen molar-refractivity contribution in [3.63, 3.8) is 0 Å². The molecule has 0 aliphatic carbocycles. The van der Waals surface area contributed by atoms with Gasteiger partial charge in [-0.05, 0) is 108 Å². The average Bonchev–Trinajstić information content (AvgIpc) is 2.62. The zero-order valence-electron chi connectivity index (χ0n) is 16.7. The van der Waals surface area contributed by atoms with Crippen LogP contribution in [0.25, 0.3) is 0 Å². The minimum atomic E-state index is -0.628. The zero-order valence-corrected chi connectivity index (χ0v) is 23.1. The van der Waals surface area contributed by atoms with Gasteiger partial charge in [-0.1, -0.05) is 0 Å². The van der Waals surface area contributed by atoms with Crippen molar-refractivity contribution in [3.05, 3.63) is 16.3 Å². The summed E-state index contributed by atoms with van der Waals surface area (Å²) in [6.07, 6.45) is 1.88. The predicted molar refractivity (Wildman–Crippen MR) is 138 cm³/mol. The molecule has 2 amide bonds. The number of nitrogens with one attached hydrogen (secondary N) is 3. The second-order valence-electron chi connectivity index (χ2n) is 7.45. The van der Waals surface area contributed by atoms with E-state index in [9.17, 15) is 14.4 Å². The van der Waals surface area contributed by atoms with Crippen LogP contribution >= 0.6 is 67.8 Å². The van der Waals surface area contributed by atoms with Gasteiger partial charge in [-0.25, -0.2) is 4.79 Å². The maximum absolute atomic E-state index is 13.3. The van der Waals surface area contributed by atoms with Crippen molar-refractivity contribution in [2.45, 2.75) is 46.1 Å². The fraction of sp³-hybridized carbons (Fsp3) is 0.526. The number of amides is 2. The topological polar surface area (TPSA) is 96.5 Å². The lowest BCUT2D eigenvalue weighted by Gasteiger charge is -2.37. The first kappa shape index (κ1) is 25.0. The summed E-state index contributed by atoms with van der Waals surface area (Å²) in [5, 5.41) is 8.88. The first-order valence-corrected chi connectivity index (χ1v) is 12.4. The molecule has 0 bridgehead atoms. The molecular formula is C19H24I3N3O4. The minimum Gasteiger partial charge on any atom is -0.456 e. The molecule has 0 atom stereocenters. The van der Waals surface area contributed by atoms with E-state index in [1.54, 1.807) is 0 Å². The second kappa shape index (κ2) is 10.4. The molecule has 2 rings (SSSR count). The number of anilines is 2. The Hall–Kier alpha value is -0.220. The number of carbonyl (C=O) groups is 3. The van der Waals surface area contributed by atoms with Crippen LogP contribution in [0.5, 0.6) is 0 Å². The Labute approximate surface area is 211 Å². The fourth-order valence-corrected chi connectivity index (χ4v) is 7.45. The Morgan fingerprint density at radius 3 is 1.79 bits per heavy atom. The summed E-state index contributed by atoms with van der Waals surface area (Å²) >= 11 is 6.16. The molecule has 1 aliphatic heterocycles. The van der Waals surface area contributed by atoms with Gasteiger partial charge < -0.3 is 20.7 Å². The predicted octanol–water partition coefficient (Wildman–Crippen LogP) is 4.35. The standard InChI is InChI=1S/C19H24I3N3O4/c1-9(26)24-16-13(20)12(14(21)17(15(16)22)25-10(2)27)18(28)29-19(3,4)11-5-7-23-8-6-11/h11,23H,5-8H2,1-4H3,(H,24,26)(H,25,27). The fourth-order valence-electron chi connectivity index (χ4n) is 3.31. The molecule has 29 heavy (non-hydrogen) atoms. The monoisotopic (exact) mass is 739 g/mol. The third kappa shape index (κ3) is 6.15. The van der Waals surface area contributed by atoms with Crippen LogP contribution in [-0.2, 0) is 14.3 Å². The van der Waals surface area contributed by atoms with Crippen molar-refractivity contribution in [1.29, 1.82) is 0 Å². The van der Waals surface area contributed by atoms with Crippen LogP contribution in [-0.4, -0.2) is 36.5 Å². The van der Waals surface area contributed by atoms with Crippen LogP contribution in [0.1, 0.15) is 50.9 Å².